The summed E-state index contributed by atoms with van der Waals surface area (Å²) in [5, 5.41) is 0.762. The summed E-state index contributed by atoms with van der Waals surface area (Å²) in [7, 11) is 0. The molecule has 38 heavy (non-hydrogen) atoms. The van der Waals surface area contributed by atoms with E-state index in [0.717, 1.165) is 0 Å². The zero-order valence-corrected chi connectivity index (χ0v) is 20.5. The molecule has 14 heteroatoms. The summed E-state index contributed by atoms with van der Waals surface area (Å²) in [5.41, 5.74) is -4.13. The van der Waals surface area contributed by atoms with Crippen molar-refractivity contribution in [1.29, 1.82) is 0 Å². The molecule has 1 fully saturated rings. The van der Waals surface area contributed by atoms with Gasteiger partial charge in [0.15, 0.2) is 0 Å². The highest BCUT2D eigenvalue weighted by atomic mass is 35.5. The highest BCUT2D eigenvalue weighted by Crippen LogP contribution is 2.32. The summed E-state index contributed by atoms with van der Waals surface area (Å²) >= 11 is 11.6. The molecule has 0 aliphatic carbocycles. The Labute approximate surface area is 221 Å². The molecular formula is C24H17Cl2F3N2O7. The molecule has 1 aliphatic rings. The van der Waals surface area contributed by atoms with E-state index in [4.69, 9.17) is 37.4 Å². The second-order valence-electron chi connectivity index (χ2n) is 8.13. The van der Waals surface area contributed by atoms with E-state index in [2.05, 4.69) is 0 Å². The molecule has 3 aromatic rings. The molecule has 1 N–H and O–H groups in total. The second kappa shape index (κ2) is 11.0. The Hall–Kier alpha value is -3.61. The average molecular weight is 573 g/mol. The fourth-order valence-electron chi connectivity index (χ4n) is 3.67. The van der Waals surface area contributed by atoms with E-state index in [1.165, 1.54) is 48.5 Å². The highest BCUT2D eigenvalue weighted by Gasteiger charge is 2.42. The van der Waals surface area contributed by atoms with Gasteiger partial charge in [0.2, 0.25) is 0 Å². The fourth-order valence-corrected chi connectivity index (χ4v) is 3.92. The van der Waals surface area contributed by atoms with E-state index in [-0.39, 0.29) is 17.5 Å². The summed E-state index contributed by atoms with van der Waals surface area (Å²) in [6.45, 7) is -0.471. The normalized spacial score (nSPS) is 19.2. The molecule has 2 aromatic carbocycles. The third-order valence-electron chi connectivity index (χ3n) is 5.56. The first-order valence-corrected chi connectivity index (χ1v) is 11.7. The molecule has 2 heterocycles. The van der Waals surface area contributed by atoms with Gasteiger partial charge in [0.25, 0.3) is 5.56 Å². The van der Waals surface area contributed by atoms with Crippen molar-refractivity contribution in [2.75, 3.05) is 6.61 Å². The number of H-pyrrole nitrogens is 1. The number of carbonyl (C=O) groups is 2. The Morgan fingerprint density at radius 1 is 0.974 bits per heavy atom. The number of alkyl halides is 3. The standard InChI is InChI=1S/C24H17Cl2F3N2O7/c25-14-5-1-12(2-6-14)21(33)36-11-18-17(38-22(34)13-3-7-15(26)8-4-13)9-19(37-18)31-10-16(24(27,28)29)20(32)30-23(31)35/h1-8,10,17-19H,9,11H2,(H,30,32,35)/t17-,18+,19+/m1/s1. The quantitative estimate of drug-likeness (QED) is 0.439. The largest absolute Gasteiger partial charge is 0.459 e. The molecular weight excluding hydrogens is 556 g/mol. The van der Waals surface area contributed by atoms with Gasteiger partial charge in [-0.25, -0.2) is 14.4 Å². The van der Waals surface area contributed by atoms with Gasteiger partial charge in [0.05, 0.1) is 11.1 Å². The Morgan fingerprint density at radius 3 is 2.08 bits per heavy atom. The van der Waals surface area contributed by atoms with Gasteiger partial charge in [-0.2, -0.15) is 13.2 Å². The maximum atomic E-state index is 13.3. The Morgan fingerprint density at radius 2 is 1.53 bits per heavy atom. The lowest BCUT2D eigenvalue weighted by Gasteiger charge is -2.19. The van der Waals surface area contributed by atoms with Crippen molar-refractivity contribution in [1.82, 2.24) is 9.55 Å². The highest BCUT2D eigenvalue weighted by molar-refractivity contribution is 6.31. The molecule has 9 nitrogen and oxygen atoms in total. The van der Waals surface area contributed by atoms with Crippen LogP contribution < -0.4 is 11.2 Å². The third-order valence-corrected chi connectivity index (χ3v) is 6.06. The zero-order chi connectivity index (χ0) is 27.6. The Bertz CT molecular complexity index is 1450. The molecule has 0 bridgehead atoms. The number of halogens is 5. The second-order valence-corrected chi connectivity index (χ2v) is 9.00. The predicted octanol–water partition coefficient (Wildman–Crippen LogP) is 4.23. The van der Waals surface area contributed by atoms with E-state index in [1.54, 1.807) is 4.98 Å². The maximum Gasteiger partial charge on any atom is 0.423 e. The summed E-state index contributed by atoms with van der Waals surface area (Å²) in [6, 6.07) is 11.5. The van der Waals surface area contributed by atoms with Crippen molar-refractivity contribution in [2.45, 2.75) is 31.0 Å². The van der Waals surface area contributed by atoms with Gasteiger partial charge in [0.1, 0.15) is 30.6 Å². The minimum Gasteiger partial charge on any atom is -0.459 e. The summed E-state index contributed by atoms with van der Waals surface area (Å²) in [4.78, 5) is 50.7. The molecule has 0 spiro atoms. The number of benzene rings is 2. The van der Waals surface area contributed by atoms with Crippen LogP contribution in [0.2, 0.25) is 10.0 Å². The van der Waals surface area contributed by atoms with Crippen LogP contribution in [0.15, 0.2) is 64.3 Å². The van der Waals surface area contributed by atoms with Crippen molar-refractivity contribution < 1.29 is 37.0 Å². The monoisotopic (exact) mass is 572 g/mol. The van der Waals surface area contributed by atoms with E-state index >= 15 is 0 Å². The average Bonchev–Trinajstić information content (AvgIpc) is 3.24. The third kappa shape index (κ3) is 6.26. The van der Waals surface area contributed by atoms with E-state index < -0.39 is 60.0 Å². The first-order valence-electron chi connectivity index (χ1n) is 10.9. The lowest BCUT2D eigenvalue weighted by atomic mass is 10.1. The van der Waals surface area contributed by atoms with Gasteiger partial charge in [0, 0.05) is 22.7 Å². The molecule has 1 saturated heterocycles. The number of hydrogen-bond acceptors (Lipinski definition) is 7. The van der Waals surface area contributed by atoms with Crippen LogP contribution >= 0.6 is 23.2 Å². The van der Waals surface area contributed by atoms with Gasteiger partial charge in [-0.05, 0) is 48.5 Å². The summed E-state index contributed by atoms with van der Waals surface area (Å²) in [6.07, 6.45) is -8.70. The van der Waals surface area contributed by atoms with Crippen LogP contribution in [-0.2, 0) is 20.4 Å². The molecule has 200 valence electrons. The maximum absolute atomic E-state index is 13.3. The SMILES string of the molecule is O=C(OC[C@@H]1O[C@H](n2cc(C(F)(F)F)c(=O)[nH]c2=O)C[C@H]1OC(=O)c1ccc(Cl)cc1)c1ccc(Cl)cc1. The number of hydrogen-bond donors (Lipinski definition) is 1. The van der Waals surface area contributed by atoms with E-state index in [0.29, 0.717) is 20.8 Å². The molecule has 1 aliphatic heterocycles. The van der Waals surface area contributed by atoms with Crippen LogP contribution in [0.5, 0.6) is 0 Å². The minimum absolute atomic E-state index is 0.121. The number of carbonyl (C=O) groups excluding carboxylic acids is 2. The van der Waals surface area contributed by atoms with Gasteiger partial charge < -0.3 is 14.2 Å². The number of nitrogens with one attached hydrogen (secondary N) is 1. The minimum atomic E-state index is -5.05. The molecule has 0 unspecified atom stereocenters. The lowest BCUT2D eigenvalue weighted by molar-refractivity contribution is -0.139. The zero-order valence-electron chi connectivity index (χ0n) is 19.0. The van der Waals surface area contributed by atoms with Gasteiger partial charge >= 0.3 is 23.8 Å². The van der Waals surface area contributed by atoms with Crippen LogP contribution in [0.25, 0.3) is 0 Å². The first-order chi connectivity index (χ1) is 17.9. The molecule has 0 amide bonds. The molecule has 1 aromatic heterocycles. The molecule has 0 saturated carbocycles. The topological polar surface area (TPSA) is 117 Å². The van der Waals surface area contributed by atoms with Crippen molar-refractivity contribution in [3.63, 3.8) is 0 Å². The number of aromatic nitrogens is 2. The smallest absolute Gasteiger partial charge is 0.423 e. The van der Waals surface area contributed by atoms with Crippen LogP contribution in [0.4, 0.5) is 13.2 Å². The number of ether oxygens (including phenoxy) is 3. The molecule has 3 atom stereocenters. The van der Waals surface area contributed by atoms with Crippen LogP contribution in [0, 0.1) is 0 Å². The number of esters is 2. The van der Waals surface area contributed by atoms with Gasteiger partial charge in [-0.1, -0.05) is 23.2 Å². The van der Waals surface area contributed by atoms with E-state index in [1.807, 2.05) is 0 Å². The lowest BCUT2D eigenvalue weighted by Crippen LogP contribution is -2.36. The number of aromatic amines is 1. The molecule has 4 rings (SSSR count). The van der Waals surface area contributed by atoms with E-state index in [9.17, 15) is 32.3 Å². The van der Waals surface area contributed by atoms with Crippen LogP contribution in [-0.4, -0.2) is 40.3 Å². The van der Waals surface area contributed by atoms with Gasteiger partial charge in [-0.3, -0.25) is 14.3 Å². The van der Waals surface area contributed by atoms with Crippen molar-refractivity contribution in [3.8, 4) is 0 Å². The fraction of sp³-hybridized carbons (Fsp3) is 0.250. The molecule has 0 radical (unpaired) electrons. The summed E-state index contributed by atoms with van der Waals surface area (Å²) < 4.78 is 56.8. The first kappa shape index (κ1) is 27.4. The summed E-state index contributed by atoms with van der Waals surface area (Å²) in [5.74, 6) is -1.58. The van der Waals surface area contributed by atoms with Crippen molar-refractivity contribution in [2.24, 2.45) is 0 Å². The van der Waals surface area contributed by atoms with Crippen molar-refractivity contribution >= 4 is 35.1 Å². The van der Waals surface area contributed by atoms with Crippen molar-refractivity contribution in [3.05, 3.63) is 102 Å². The predicted molar refractivity (Wildman–Crippen MR) is 127 cm³/mol. The Balaban J connectivity index is 1.58. The van der Waals surface area contributed by atoms with Gasteiger partial charge in [-0.15, -0.1) is 0 Å². The van der Waals surface area contributed by atoms with Crippen LogP contribution in [0.3, 0.4) is 0 Å². The Kier molecular flexibility index (Phi) is 7.95. The number of nitrogens with zero attached hydrogens (tertiary/aromatic N) is 1. The number of rotatable bonds is 6. The van der Waals surface area contributed by atoms with Crippen LogP contribution in [0.1, 0.15) is 38.9 Å².